The number of piperidine rings is 1. The van der Waals surface area contributed by atoms with Crippen molar-refractivity contribution in [1.82, 2.24) is 19.6 Å². The fourth-order valence-electron chi connectivity index (χ4n) is 4.14. The van der Waals surface area contributed by atoms with E-state index in [1.807, 2.05) is 46.1 Å². The number of carbonyl (C=O) groups excluding carboxylic acids is 3. The maximum atomic E-state index is 12.9. The van der Waals surface area contributed by atoms with E-state index in [1.165, 1.54) is 11.3 Å². The second-order valence-electron chi connectivity index (χ2n) is 7.71. The van der Waals surface area contributed by atoms with Crippen molar-refractivity contribution < 1.29 is 14.4 Å². The van der Waals surface area contributed by atoms with Crippen LogP contribution in [0.1, 0.15) is 36.4 Å². The number of amides is 3. The Hall–Kier alpha value is -1.93. The molecule has 2 aliphatic rings. The van der Waals surface area contributed by atoms with E-state index in [0.717, 1.165) is 43.9 Å². The predicted molar refractivity (Wildman–Crippen MR) is 114 cm³/mol. The molecule has 160 valence electrons. The Morgan fingerprint density at radius 3 is 2.21 bits per heavy atom. The zero-order valence-corrected chi connectivity index (χ0v) is 18.3. The summed E-state index contributed by atoms with van der Waals surface area (Å²) in [5.41, 5.74) is 0. The molecule has 8 heteroatoms. The molecular weight excluding hydrogens is 388 g/mol. The summed E-state index contributed by atoms with van der Waals surface area (Å²) in [6.45, 7) is 10.0. The monoisotopic (exact) mass is 420 g/mol. The number of likely N-dealkylation sites (N-methyl/N-ethyl adjacent to an activating group) is 1. The lowest BCUT2D eigenvalue weighted by molar-refractivity contribution is -0.139. The van der Waals surface area contributed by atoms with Gasteiger partial charge in [-0.25, -0.2) is 0 Å². The van der Waals surface area contributed by atoms with Gasteiger partial charge >= 0.3 is 0 Å². The van der Waals surface area contributed by atoms with E-state index in [1.54, 1.807) is 0 Å². The molecule has 2 saturated heterocycles. The molecule has 1 aromatic rings. The molecule has 3 amide bonds. The van der Waals surface area contributed by atoms with E-state index in [0.29, 0.717) is 32.7 Å². The SMILES string of the molecule is CCN(CC)C(=O)CN1CCN(C(=O)C2CCN(C(=O)c3cccs3)CC2)CC1. The number of nitrogens with zero attached hydrogens (tertiary/aromatic N) is 4. The molecule has 7 nitrogen and oxygen atoms in total. The number of carbonyl (C=O) groups is 3. The lowest BCUT2D eigenvalue weighted by atomic mass is 9.95. The normalized spacial score (nSPS) is 18.7. The Balaban J connectivity index is 1.42. The molecule has 0 radical (unpaired) electrons. The minimum absolute atomic E-state index is 0.00578. The Bertz CT molecular complexity index is 689. The van der Waals surface area contributed by atoms with Crippen LogP contribution >= 0.6 is 11.3 Å². The topological polar surface area (TPSA) is 64.2 Å². The minimum atomic E-state index is 0.00578. The van der Waals surface area contributed by atoms with Crippen LogP contribution in [-0.4, -0.2) is 96.2 Å². The summed E-state index contributed by atoms with van der Waals surface area (Å²) in [4.78, 5) is 46.2. The quantitative estimate of drug-likeness (QED) is 0.702. The highest BCUT2D eigenvalue weighted by Crippen LogP contribution is 2.23. The Morgan fingerprint density at radius 2 is 1.66 bits per heavy atom. The van der Waals surface area contributed by atoms with Crippen LogP contribution in [0.2, 0.25) is 0 Å². The fraction of sp³-hybridized carbons (Fsp3) is 0.667. The number of rotatable bonds is 6. The van der Waals surface area contributed by atoms with E-state index in [2.05, 4.69) is 4.90 Å². The van der Waals surface area contributed by atoms with Crippen LogP contribution in [0.25, 0.3) is 0 Å². The molecular formula is C21H32N4O3S. The van der Waals surface area contributed by atoms with Crippen molar-refractivity contribution in [1.29, 1.82) is 0 Å². The van der Waals surface area contributed by atoms with Gasteiger partial charge in [0.2, 0.25) is 11.8 Å². The highest BCUT2D eigenvalue weighted by Gasteiger charge is 2.32. The molecule has 0 bridgehead atoms. The average Bonchev–Trinajstić information content (AvgIpc) is 3.29. The third-order valence-electron chi connectivity index (χ3n) is 6.02. The number of hydrogen-bond donors (Lipinski definition) is 0. The summed E-state index contributed by atoms with van der Waals surface area (Å²) >= 11 is 1.47. The van der Waals surface area contributed by atoms with Crippen molar-refractivity contribution in [2.24, 2.45) is 5.92 Å². The smallest absolute Gasteiger partial charge is 0.263 e. The Kier molecular flexibility index (Phi) is 7.66. The first-order valence-corrected chi connectivity index (χ1v) is 11.5. The molecule has 0 aliphatic carbocycles. The molecule has 0 aromatic carbocycles. The molecule has 0 spiro atoms. The van der Waals surface area contributed by atoms with Gasteiger partial charge in [0.25, 0.3) is 5.91 Å². The number of piperazine rings is 1. The van der Waals surface area contributed by atoms with E-state index in [9.17, 15) is 14.4 Å². The number of likely N-dealkylation sites (tertiary alicyclic amines) is 1. The van der Waals surface area contributed by atoms with Crippen molar-refractivity contribution in [2.45, 2.75) is 26.7 Å². The first-order chi connectivity index (χ1) is 14.0. The summed E-state index contributed by atoms with van der Waals surface area (Å²) < 4.78 is 0. The Labute approximate surface area is 177 Å². The van der Waals surface area contributed by atoms with Gasteiger partial charge in [-0.1, -0.05) is 6.07 Å². The maximum Gasteiger partial charge on any atom is 0.263 e. The van der Waals surface area contributed by atoms with E-state index in [-0.39, 0.29) is 23.6 Å². The Morgan fingerprint density at radius 1 is 1.00 bits per heavy atom. The van der Waals surface area contributed by atoms with Gasteiger partial charge in [0.1, 0.15) is 0 Å². The largest absolute Gasteiger partial charge is 0.342 e. The zero-order valence-electron chi connectivity index (χ0n) is 17.5. The van der Waals surface area contributed by atoms with Crippen LogP contribution in [0.3, 0.4) is 0 Å². The molecule has 0 saturated carbocycles. The van der Waals surface area contributed by atoms with Crippen molar-refractivity contribution in [3.05, 3.63) is 22.4 Å². The van der Waals surface area contributed by atoms with E-state index >= 15 is 0 Å². The number of thiophene rings is 1. The highest BCUT2D eigenvalue weighted by atomic mass is 32.1. The first kappa shape index (κ1) is 21.8. The van der Waals surface area contributed by atoms with Crippen LogP contribution in [0, 0.1) is 5.92 Å². The van der Waals surface area contributed by atoms with Gasteiger partial charge in [-0.05, 0) is 38.1 Å². The van der Waals surface area contributed by atoms with Crippen molar-refractivity contribution in [3.63, 3.8) is 0 Å². The van der Waals surface area contributed by atoms with Gasteiger partial charge in [0, 0.05) is 58.3 Å². The second-order valence-corrected chi connectivity index (χ2v) is 8.66. The lowest BCUT2D eigenvalue weighted by Crippen LogP contribution is -2.53. The van der Waals surface area contributed by atoms with Gasteiger partial charge < -0.3 is 14.7 Å². The average molecular weight is 421 g/mol. The lowest BCUT2D eigenvalue weighted by Gasteiger charge is -2.38. The standard InChI is InChI=1S/C21H32N4O3S/c1-3-23(4-2)19(26)16-22-11-13-25(14-12-22)20(27)17-7-9-24(10-8-17)21(28)18-6-5-15-29-18/h5-6,15,17H,3-4,7-14,16H2,1-2H3. The van der Waals surface area contributed by atoms with E-state index < -0.39 is 0 Å². The summed E-state index contributed by atoms with van der Waals surface area (Å²) in [5, 5.41) is 1.92. The molecule has 0 N–H and O–H groups in total. The second kappa shape index (κ2) is 10.2. The third-order valence-corrected chi connectivity index (χ3v) is 6.88. The van der Waals surface area contributed by atoms with E-state index in [4.69, 9.17) is 0 Å². The molecule has 0 atom stereocenters. The molecule has 3 rings (SSSR count). The zero-order chi connectivity index (χ0) is 20.8. The summed E-state index contributed by atoms with van der Waals surface area (Å²) in [7, 11) is 0. The molecule has 1 aromatic heterocycles. The van der Waals surface area contributed by atoms with Crippen LogP contribution in [0.5, 0.6) is 0 Å². The molecule has 2 fully saturated rings. The molecule has 2 aliphatic heterocycles. The fourth-order valence-corrected chi connectivity index (χ4v) is 4.83. The van der Waals surface area contributed by atoms with Crippen LogP contribution in [-0.2, 0) is 9.59 Å². The van der Waals surface area contributed by atoms with Crippen LogP contribution in [0.15, 0.2) is 17.5 Å². The molecule has 29 heavy (non-hydrogen) atoms. The third kappa shape index (κ3) is 5.36. The summed E-state index contributed by atoms with van der Waals surface area (Å²) in [5.74, 6) is 0.462. The van der Waals surface area contributed by atoms with Gasteiger partial charge in [0.15, 0.2) is 0 Å². The number of hydrogen-bond acceptors (Lipinski definition) is 5. The summed E-state index contributed by atoms with van der Waals surface area (Å²) in [6.07, 6.45) is 1.47. The van der Waals surface area contributed by atoms with Crippen molar-refractivity contribution in [2.75, 3.05) is 58.9 Å². The first-order valence-electron chi connectivity index (χ1n) is 10.6. The molecule has 0 unspecified atom stereocenters. The highest BCUT2D eigenvalue weighted by molar-refractivity contribution is 7.12. The van der Waals surface area contributed by atoms with Gasteiger partial charge in [0.05, 0.1) is 11.4 Å². The van der Waals surface area contributed by atoms with Crippen molar-refractivity contribution in [3.8, 4) is 0 Å². The van der Waals surface area contributed by atoms with Crippen molar-refractivity contribution >= 4 is 29.1 Å². The maximum absolute atomic E-state index is 12.9. The summed E-state index contributed by atoms with van der Waals surface area (Å²) in [6, 6.07) is 3.75. The minimum Gasteiger partial charge on any atom is -0.342 e. The van der Waals surface area contributed by atoms with Crippen LogP contribution < -0.4 is 0 Å². The van der Waals surface area contributed by atoms with Gasteiger partial charge in [-0.15, -0.1) is 11.3 Å². The van der Waals surface area contributed by atoms with Gasteiger partial charge in [-0.3, -0.25) is 19.3 Å². The molecule has 3 heterocycles. The van der Waals surface area contributed by atoms with Gasteiger partial charge in [-0.2, -0.15) is 0 Å². The predicted octanol–water partition coefficient (Wildman–Crippen LogP) is 1.61. The van der Waals surface area contributed by atoms with Crippen LogP contribution in [0.4, 0.5) is 0 Å².